The van der Waals surface area contributed by atoms with Gasteiger partial charge in [0.05, 0.1) is 18.1 Å². The molecule has 0 unspecified atom stereocenters. The number of amides is 2. The largest absolute Gasteiger partial charge is 0.495 e. The predicted octanol–water partition coefficient (Wildman–Crippen LogP) is 2.41. The fraction of sp³-hybridized carbons (Fsp3) is 0.278. The maximum atomic E-state index is 12.4. The summed E-state index contributed by atoms with van der Waals surface area (Å²) >= 11 is 6.12. The van der Waals surface area contributed by atoms with Crippen molar-refractivity contribution in [3.05, 3.63) is 53.3 Å². The Labute approximate surface area is 150 Å². The summed E-state index contributed by atoms with van der Waals surface area (Å²) < 4.78 is 5.12. The average Bonchev–Trinajstić information content (AvgIpc) is 3.02. The Bertz CT molecular complexity index is 782. The lowest BCUT2D eigenvalue weighted by atomic mass is 10.1. The van der Waals surface area contributed by atoms with Gasteiger partial charge in [0.1, 0.15) is 5.75 Å². The topological polar surface area (TPSA) is 71.5 Å². The second-order valence-electron chi connectivity index (χ2n) is 5.80. The summed E-state index contributed by atoms with van der Waals surface area (Å²) in [4.78, 5) is 30.2. The molecule has 1 aromatic carbocycles. The number of rotatable bonds is 5. The molecule has 0 spiro atoms. The monoisotopic (exact) mass is 359 g/mol. The van der Waals surface area contributed by atoms with Crippen LogP contribution < -0.4 is 15.0 Å². The van der Waals surface area contributed by atoms with E-state index in [0.29, 0.717) is 29.5 Å². The van der Waals surface area contributed by atoms with E-state index in [1.54, 1.807) is 35.5 Å². The first-order valence-electron chi connectivity index (χ1n) is 7.89. The quantitative estimate of drug-likeness (QED) is 0.889. The summed E-state index contributed by atoms with van der Waals surface area (Å²) in [7, 11) is 1.53. The molecule has 0 saturated carbocycles. The third-order valence-electron chi connectivity index (χ3n) is 4.13. The van der Waals surface area contributed by atoms with E-state index < -0.39 is 0 Å². The van der Waals surface area contributed by atoms with Crippen LogP contribution in [0.2, 0.25) is 5.02 Å². The van der Waals surface area contributed by atoms with Crippen LogP contribution >= 0.6 is 11.6 Å². The van der Waals surface area contributed by atoms with Crippen LogP contribution in [-0.2, 0) is 16.1 Å². The first kappa shape index (κ1) is 17.2. The number of ether oxygens (including phenoxy) is 1. The van der Waals surface area contributed by atoms with Crippen LogP contribution in [0, 0.1) is 5.92 Å². The Morgan fingerprint density at radius 1 is 1.44 bits per heavy atom. The Kier molecular flexibility index (Phi) is 5.19. The Morgan fingerprint density at radius 3 is 2.96 bits per heavy atom. The van der Waals surface area contributed by atoms with Gasteiger partial charge >= 0.3 is 0 Å². The molecule has 1 N–H and O–H groups in total. The number of anilines is 1. The van der Waals surface area contributed by atoms with Crippen LogP contribution in [0.4, 0.5) is 5.69 Å². The molecule has 25 heavy (non-hydrogen) atoms. The van der Waals surface area contributed by atoms with E-state index in [1.165, 1.54) is 7.11 Å². The van der Waals surface area contributed by atoms with E-state index in [9.17, 15) is 9.59 Å². The van der Waals surface area contributed by atoms with Crippen LogP contribution in [0.3, 0.4) is 0 Å². The molecule has 7 heteroatoms. The zero-order valence-electron chi connectivity index (χ0n) is 13.7. The van der Waals surface area contributed by atoms with E-state index in [1.807, 2.05) is 12.1 Å². The molecular weight excluding hydrogens is 342 g/mol. The maximum absolute atomic E-state index is 12.4. The van der Waals surface area contributed by atoms with E-state index in [4.69, 9.17) is 16.3 Å². The van der Waals surface area contributed by atoms with Crippen LogP contribution in [-0.4, -0.2) is 30.5 Å². The van der Waals surface area contributed by atoms with Crippen LogP contribution in [0.25, 0.3) is 0 Å². The molecule has 0 radical (unpaired) electrons. The number of aromatic nitrogens is 1. The van der Waals surface area contributed by atoms with Gasteiger partial charge in [0, 0.05) is 37.6 Å². The third kappa shape index (κ3) is 3.91. The van der Waals surface area contributed by atoms with Gasteiger partial charge in [0.2, 0.25) is 11.8 Å². The summed E-state index contributed by atoms with van der Waals surface area (Å²) in [6.07, 6.45) is 3.56. The SMILES string of the molecule is COc1ccc(N2C[C@@H](C(=O)NCc3cccnc3)CC2=O)cc1Cl. The second kappa shape index (κ2) is 7.53. The highest BCUT2D eigenvalue weighted by Gasteiger charge is 2.35. The van der Waals surface area contributed by atoms with E-state index >= 15 is 0 Å². The van der Waals surface area contributed by atoms with Crippen molar-refractivity contribution in [2.45, 2.75) is 13.0 Å². The van der Waals surface area contributed by atoms with E-state index in [2.05, 4.69) is 10.3 Å². The fourth-order valence-electron chi connectivity index (χ4n) is 2.79. The molecule has 1 atom stereocenters. The molecule has 1 fully saturated rings. The molecule has 1 aromatic heterocycles. The molecule has 0 bridgehead atoms. The molecule has 0 aliphatic carbocycles. The number of carbonyl (C=O) groups excluding carboxylic acids is 2. The molecule has 6 nitrogen and oxygen atoms in total. The third-order valence-corrected chi connectivity index (χ3v) is 4.43. The number of methoxy groups -OCH3 is 1. The van der Waals surface area contributed by atoms with Crippen molar-refractivity contribution in [3.8, 4) is 5.75 Å². The highest BCUT2D eigenvalue weighted by molar-refractivity contribution is 6.32. The van der Waals surface area contributed by atoms with Crippen molar-refractivity contribution in [2.75, 3.05) is 18.6 Å². The number of nitrogens with one attached hydrogen (secondary N) is 1. The standard InChI is InChI=1S/C18H18ClN3O3/c1-25-16-5-4-14(8-15(16)19)22-11-13(7-17(22)23)18(24)21-10-12-3-2-6-20-9-12/h2-6,8-9,13H,7,10-11H2,1H3,(H,21,24)/t13-/m0/s1. The van der Waals surface area contributed by atoms with Crippen LogP contribution in [0.1, 0.15) is 12.0 Å². The number of benzene rings is 1. The number of hydrogen-bond acceptors (Lipinski definition) is 4. The Hall–Kier alpha value is -2.60. The number of hydrogen-bond donors (Lipinski definition) is 1. The summed E-state index contributed by atoms with van der Waals surface area (Å²) in [6.45, 7) is 0.728. The van der Waals surface area contributed by atoms with Crippen molar-refractivity contribution in [2.24, 2.45) is 5.92 Å². The minimum atomic E-state index is -0.384. The highest BCUT2D eigenvalue weighted by Crippen LogP contribution is 2.32. The van der Waals surface area contributed by atoms with Crippen LogP contribution in [0.5, 0.6) is 5.75 Å². The molecule has 2 amide bonds. The molecule has 2 heterocycles. The Balaban J connectivity index is 1.63. The van der Waals surface area contributed by atoms with Gasteiger partial charge in [0.25, 0.3) is 0 Å². The lowest BCUT2D eigenvalue weighted by molar-refractivity contribution is -0.126. The van der Waals surface area contributed by atoms with Gasteiger partial charge in [-0.2, -0.15) is 0 Å². The highest BCUT2D eigenvalue weighted by atomic mass is 35.5. The number of pyridine rings is 1. The van der Waals surface area contributed by atoms with Crippen molar-refractivity contribution in [3.63, 3.8) is 0 Å². The van der Waals surface area contributed by atoms with Gasteiger partial charge in [-0.05, 0) is 29.8 Å². The molecule has 130 valence electrons. The number of carbonyl (C=O) groups is 2. The molecule has 3 rings (SSSR count). The molecular formula is C18H18ClN3O3. The van der Waals surface area contributed by atoms with E-state index in [-0.39, 0.29) is 24.2 Å². The Morgan fingerprint density at radius 2 is 2.28 bits per heavy atom. The van der Waals surface area contributed by atoms with Crippen molar-refractivity contribution < 1.29 is 14.3 Å². The molecule has 1 aliphatic heterocycles. The van der Waals surface area contributed by atoms with Crippen LogP contribution in [0.15, 0.2) is 42.7 Å². The van der Waals surface area contributed by atoms with Gasteiger partial charge in [-0.1, -0.05) is 17.7 Å². The second-order valence-corrected chi connectivity index (χ2v) is 6.21. The molecule has 1 aliphatic rings. The summed E-state index contributed by atoms with van der Waals surface area (Å²) in [5.74, 6) is -0.0741. The van der Waals surface area contributed by atoms with E-state index in [0.717, 1.165) is 5.56 Å². The minimum absolute atomic E-state index is 0.0947. The molecule has 2 aromatic rings. The van der Waals surface area contributed by atoms with Crippen molar-refractivity contribution >= 4 is 29.1 Å². The van der Waals surface area contributed by atoms with Gasteiger partial charge in [-0.25, -0.2) is 0 Å². The normalized spacial score (nSPS) is 16.8. The van der Waals surface area contributed by atoms with Gasteiger partial charge < -0.3 is 15.0 Å². The lowest BCUT2D eigenvalue weighted by Gasteiger charge is -2.17. The van der Waals surface area contributed by atoms with Gasteiger partial charge in [0.15, 0.2) is 0 Å². The minimum Gasteiger partial charge on any atom is -0.495 e. The first-order chi connectivity index (χ1) is 12.1. The number of nitrogens with zero attached hydrogens (tertiary/aromatic N) is 2. The summed E-state index contributed by atoms with van der Waals surface area (Å²) in [6, 6.07) is 8.85. The fourth-order valence-corrected chi connectivity index (χ4v) is 3.04. The maximum Gasteiger partial charge on any atom is 0.227 e. The zero-order valence-corrected chi connectivity index (χ0v) is 14.5. The average molecular weight is 360 g/mol. The number of halogens is 1. The van der Waals surface area contributed by atoms with Gasteiger partial charge in [-0.3, -0.25) is 14.6 Å². The summed E-state index contributed by atoms with van der Waals surface area (Å²) in [5.41, 5.74) is 1.58. The van der Waals surface area contributed by atoms with Crippen molar-refractivity contribution in [1.29, 1.82) is 0 Å². The van der Waals surface area contributed by atoms with Crippen molar-refractivity contribution in [1.82, 2.24) is 10.3 Å². The molecule has 1 saturated heterocycles. The summed E-state index contributed by atoms with van der Waals surface area (Å²) in [5, 5.41) is 3.29. The van der Waals surface area contributed by atoms with Gasteiger partial charge in [-0.15, -0.1) is 0 Å². The smallest absolute Gasteiger partial charge is 0.227 e. The zero-order chi connectivity index (χ0) is 17.8. The first-order valence-corrected chi connectivity index (χ1v) is 8.27. The lowest BCUT2D eigenvalue weighted by Crippen LogP contribution is -2.32. The predicted molar refractivity (Wildman–Crippen MR) is 94.5 cm³/mol.